The van der Waals surface area contributed by atoms with Crippen molar-refractivity contribution in [2.45, 2.75) is 19.9 Å². The number of ether oxygens (including phenoxy) is 3. The van der Waals surface area contributed by atoms with Crippen LogP contribution in [0, 0.1) is 12.3 Å². The summed E-state index contributed by atoms with van der Waals surface area (Å²) in [5.74, 6) is 2.11. The van der Waals surface area contributed by atoms with Gasteiger partial charge in [0.25, 0.3) is 11.1 Å². The summed E-state index contributed by atoms with van der Waals surface area (Å²) in [4.78, 5) is 37.7. The Bertz CT molecular complexity index is 826. The molecule has 0 radical (unpaired) electrons. The highest BCUT2D eigenvalue weighted by molar-refractivity contribution is 8.18. The van der Waals surface area contributed by atoms with E-state index in [1.165, 1.54) is 14.0 Å². The first-order valence-corrected chi connectivity index (χ1v) is 8.92. The van der Waals surface area contributed by atoms with Crippen LogP contribution in [0.4, 0.5) is 4.79 Å². The summed E-state index contributed by atoms with van der Waals surface area (Å²) in [6.07, 6.45) is 6.73. The van der Waals surface area contributed by atoms with Crippen LogP contribution in [-0.4, -0.2) is 48.4 Å². The Morgan fingerprint density at radius 2 is 2.11 bits per heavy atom. The molecule has 1 aliphatic rings. The van der Waals surface area contributed by atoms with Crippen molar-refractivity contribution in [2.75, 3.05) is 20.3 Å². The topological polar surface area (TPSA) is 82.1 Å². The predicted octanol–water partition coefficient (Wildman–Crippen LogP) is 2.70. The van der Waals surface area contributed by atoms with Gasteiger partial charge in [0.05, 0.1) is 18.6 Å². The Morgan fingerprint density at radius 1 is 1.37 bits per heavy atom. The van der Waals surface area contributed by atoms with E-state index in [0.717, 1.165) is 16.7 Å². The quantitative estimate of drug-likeness (QED) is 0.403. The molecule has 0 bridgehead atoms. The molecule has 1 aromatic rings. The zero-order chi connectivity index (χ0) is 20.0. The normalized spacial score (nSPS) is 16.2. The lowest BCUT2D eigenvalue weighted by Gasteiger charge is -2.19. The third-order valence-electron chi connectivity index (χ3n) is 3.64. The molecule has 0 spiro atoms. The van der Waals surface area contributed by atoms with E-state index >= 15 is 0 Å². The van der Waals surface area contributed by atoms with Crippen LogP contribution < -0.4 is 9.47 Å². The minimum absolute atomic E-state index is 0.0976. The predicted molar refractivity (Wildman–Crippen MR) is 101 cm³/mol. The fraction of sp³-hybridized carbons (Fsp3) is 0.316. The van der Waals surface area contributed by atoms with Crippen LogP contribution in [0.15, 0.2) is 23.1 Å². The number of carbonyl (C=O) groups excluding carboxylic acids is 3. The molecule has 1 unspecified atom stereocenters. The average molecular weight is 389 g/mol. The van der Waals surface area contributed by atoms with E-state index in [1.54, 1.807) is 31.2 Å². The van der Waals surface area contributed by atoms with Gasteiger partial charge in [0.2, 0.25) is 0 Å². The Kier molecular flexibility index (Phi) is 6.91. The lowest BCUT2D eigenvalue weighted by Crippen LogP contribution is -2.42. The zero-order valence-corrected chi connectivity index (χ0v) is 16.0. The highest BCUT2D eigenvalue weighted by Crippen LogP contribution is 2.35. The highest BCUT2D eigenvalue weighted by Gasteiger charge is 2.41. The summed E-state index contributed by atoms with van der Waals surface area (Å²) in [5.41, 5.74) is 0.634. The van der Waals surface area contributed by atoms with Crippen molar-refractivity contribution in [3.8, 4) is 23.8 Å². The highest BCUT2D eigenvalue weighted by atomic mass is 32.2. The molecular weight excluding hydrogens is 370 g/mol. The number of hydrogen-bond donors (Lipinski definition) is 0. The average Bonchev–Trinajstić information content (AvgIpc) is 2.93. The van der Waals surface area contributed by atoms with E-state index in [1.807, 2.05) is 0 Å². The van der Waals surface area contributed by atoms with E-state index in [-0.39, 0.29) is 18.1 Å². The Hall–Kier alpha value is -2.92. The molecule has 1 saturated heterocycles. The molecule has 8 heteroatoms. The van der Waals surface area contributed by atoms with Gasteiger partial charge in [-0.05, 0) is 49.4 Å². The SMILES string of the molecule is C#CCOc1ccc(/C=C2/SC(=O)N(C(C)C(=O)OCC)C2=O)cc1OC. The number of amides is 2. The van der Waals surface area contributed by atoms with Crippen molar-refractivity contribution in [3.63, 3.8) is 0 Å². The molecule has 2 rings (SSSR count). The number of hydrogen-bond acceptors (Lipinski definition) is 7. The molecule has 1 heterocycles. The molecule has 1 fully saturated rings. The van der Waals surface area contributed by atoms with Crippen molar-refractivity contribution in [1.82, 2.24) is 4.90 Å². The van der Waals surface area contributed by atoms with Gasteiger partial charge in [0.15, 0.2) is 11.5 Å². The fourth-order valence-corrected chi connectivity index (χ4v) is 3.25. The van der Waals surface area contributed by atoms with Gasteiger partial charge in [0.1, 0.15) is 12.6 Å². The molecule has 1 atom stereocenters. The van der Waals surface area contributed by atoms with Crippen molar-refractivity contribution < 1.29 is 28.6 Å². The second-order valence-electron chi connectivity index (χ2n) is 5.38. The van der Waals surface area contributed by atoms with Gasteiger partial charge in [0, 0.05) is 0 Å². The molecule has 142 valence electrons. The van der Waals surface area contributed by atoms with Crippen molar-refractivity contribution >= 4 is 35.0 Å². The lowest BCUT2D eigenvalue weighted by atomic mass is 10.1. The van der Waals surface area contributed by atoms with Crippen LogP contribution in [0.3, 0.4) is 0 Å². The standard InChI is InChI=1S/C19H19NO6S/c1-5-9-26-14-8-7-13(10-15(14)24-4)11-16-17(21)20(19(23)27-16)12(3)18(22)25-6-2/h1,7-8,10-12H,6,9H2,2-4H3/b16-11+. The molecule has 0 saturated carbocycles. The largest absolute Gasteiger partial charge is 0.493 e. The maximum atomic E-state index is 12.6. The first-order chi connectivity index (χ1) is 12.9. The lowest BCUT2D eigenvalue weighted by molar-refractivity contribution is -0.150. The maximum absolute atomic E-state index is 12.6. The van der Waals surface area contributed by atoms with Gasteiger partial charge >= 0.3 is 5.97 Å². The number of benzene rings is 1. The van der Waals surface area contributed by atoms with Crippen molar-refractivity contribution in [2.24, 2.45) is 0 Å². The molecule has 1 aliphatic heterocycles. The fourth-order valence-electron chi connectivity index (χ4n) is 2.35. The van der Waals surface area contributed by atoms with E-state index in [2.05, 4.69) is 5.92 Å². The van der Waals surface area contributed by atoms with Gasteiger partial charge in [-0.2, -0.15) is 0 Å². The first kappa shape index (κ1) is 20.4. The van der Waals surface area contributed by atoms with Gasteiger partial charge in [-0.3, -0.25) is 14.5 Å². The van der Waals surface area contributed by atoms with Crippen LogP contribution in [-0.2, 0) is 14.3 Å². The van der Waals surface area contributed by atoms with Crippen LogP contribution in [0.2, 0.25) is 0 Å². The third kappa shape index (κ3) is 4.63. The summed E-state index contributed by atoms with van der Waals surface area (Å²) in [6, 6.07) is 4.04. The smallest absolute Gasteiger partial charge is 0.329 e. The summed E-state index contributed by atoms with van der Waals surface area (Å²) in [6.45, 7) is 3.38. The number of nitrogens with zero attached hydrogens (tertiary/aromatic N) is 1. The van der Waals surface area contributed by atoms with Crippen molar-refractivity contribution in [1.29, 1.82) is 0 Å². The molecule has 1 aromatic carbocycles. The number of terminal acetylenes is 1. The minimum Gasteiger partial charge on any atom is -0.493 e. The van der Waals surface area contributed by atoms with Crippen LogP contribution in [0.5, 0.6) is 11.5 Å². The summed E-state index contributed by atoms with van der Waals surface area (Å²) in [5, 5.41) is -0.521. The van der Waals surface area contributed by atoms with Crippen LogP contribution in [0.1, 0.15) is 19.4 Å². The monoisotopic (exact) mass is 389 g/mol. The second-order valence-corrected chi connectivity index (χ2v) is 6.38. The van der Waals surface area contributed by atoms with E-state index in [4.69, 9.17) is 20.6 Å². The molecule has 27 heavy (non-hydrogen) atoms. The van der Waals surface area contributed by atoms with E-state index < -0.39 is 23.2 Å². The second kappa shape index (κ2) is 9.14. The summed E-state index contributed by atoms with van der Waals surface area (Å²) in [7, 11) is 1.48. The van der Waals surface area contributed by atoms with Crippen LogP contribution in [0.25, 0.3) is 6.08 Å². The Balaban J connectivity index is 2.25. The Morgan fingerprint density at radius 3 is 2.74 bits per heavy atom. The molecular formula is C19H19NO6S. The number of esters is 1. The van der Waals surface area contributed by atoms with Gasteiger partial charge in [-0.15, -0.1) is 6.42 Å². The molecule has 0 N–H and O–H groups in total. The molecule has 0 aliphatic carbocycles. The molecule has 2 amide bonds. The van der Waals surface area contributed by atoms with Crippen LogP contribution >= 0.6 is 11.8 Å². The number of thioether (sulfide) groups is 1. The Labute approximate surface area is 161 Å². The number of methoxy groups -OCH3 is 1. The minimum atomic E-state index is -0.988. The zero-order valence-electron chi connectivity index (χ0n) is 15.2. The molecule has 0 aromatic heterocycles. The van der Waals surface area contributed by atoms with Gasteiger partial charge in [-0.1, -0.05) is 12.0 Å². The molecule has 7 nitrogen and oxygen atoms in total. The summed E-state index contributed by atoms with van der Waals surface area (Å²) >= 11 is 0.764. The first-order valence-electron chi connectivity index (χ1n) is 8.10. The van der Waals surface area contributed by atoms with E-state index in [9.17, 15) is 14.4 Å². The summed E-state index contributed by atoms with van der Waals surface area (Å²) < 4.78 is 15.5. The van der Waals surface area contributed by atoms with E-state index in [0.29, 0.717) is 17.1 Å². The maximum Gasteiger partial charge on any atom is 0.329 e. The third-order valence-corrected chi connectivity index (χ3v) is 4.52. The van der Waals surface area contributed by atoms with Gasteiger partial charge in [-0.25, -0.2) is 4.79 Å². The van der Waals surface area contributed by atoms with Gasteiger partial charge < -0.3 is 14.2 Å². The number of carbonyl (C=O) groups is 3. The number of rotatable bonds is 7. The number of imide groups is 1. The van der Waals surface area contributed by atoms with Crippen molar-refractivity contribution in [3.05, 3.63) is 28.7 Å².